The first-order chi connectivity index (χ1) is 22.8. The number of ether oxygens (including phenoxy) is 2. The Balaban J connectivity index is 2.13. The van der Waals surface area contributed by atoms with Crippen molar-refractivity contribution in [1.82, 2.24) is 10.2 Å². The number of carbonyl (C=O) groups excluding carboxylic acids is 2. The van der Waals surface area contributed by atoms with Crippen LogP contribution in [0.3, 0.4) is 0 Å². The first-order valence-electron chi connectivity index (χ1n) is 19.3. The largest absolute Gasteiger partial charge is 0.466 e. The summed E-state index contributed by atoms with van der Waals surface area (Å²) in [5.74, 6) is 0.921. The van der Waals surface area contributed by atoms with E-state index in [2.05, 4.69) is 50.5 Å². The minimum Gasteiger partial charge on any atom is -0.466 e. The normalized spacial score (nSPS) is 12.2. The lowest BCUT2D eigenvalue weighted by Gasteiger charge is -2.14. The highest BCUT2D eigenvalue weighted by molar-refractivity contribution is 8.02. The van der Waals surface area contributed by atoms with E-state index in [0.29, 0.717) is 21.9 Å². The second kappa shape index (κ2) is 31.2. The van der Waals surface area contributed by atoms with Gasteiger partial charge in [0.2, 0.25) is 0 Å². The Morgan fingerprint density at radius 3 is 1.36 bits per heavy atom. The molecule has 0 spiro atoms. The minimum absolute atomic E-state index is 0.0276. The maximum atomic E-state index is 12.9. The van der Waals surface area contributed by atoms with E-state index in [4.69, 9.17) is 9.47 Å². The zero-order valence-corrected chi connectivity index (χ0v) is 33.1. The molecular weight excluding hydrogens is 645 g/mol. The van der Waals surface area contributed by atoms with Gasteiger partial charge < -0.3 is 9.47 Å². The lowest BCUT2D eigenvalue weighted by Crippen LogP contribution is -2.25. The summed E-state index contributed by atoms with van der Waals surface area (Å²) in [6.07, 6.45) is 30.3. The van der Waals surface area contributed by atoms with Crippen molar-refractivity contribution in [2.45, 2.75) is 202 Å². The van der Waals surface area contributed by atoms with E-state index >= 15 is 0 Å². The Morgan fingerprint density at radius 2 is 0.979 bits per heavy atom. The highest BCUT2D eigenvalue weighted by atomic mass is 32.2. The number of hydrogen-bond donors (Lipinski definition) is 1. The Morgan fingerprint density at radius 1 is 0.596 bits per heavy atom. The van der Waals surface area contributed by atoms with Gasteiger partial charge in [-0.05, 0) is 24.7 Å². The third-order valence-electron chi connectivity index (χ3n) is 8.61. The highest BCUT2D eigenvalue weighted by Crippen LogP contribution is 2.30. The van der Waals surface area contributed by atoms with E-state index in [1.807, 2.05) is 0 Å². The molecule has 9 heteroatoms. The molecule has 274 valence electrons. The lowest BCUT2D eigenvalue weighted by molar-refractivity contribution is -0.149. The zero-order valence-electron chi connectivity index (χ0n) is 30.6. The molecule has 0 aliphatic carbocycles. The summed E-state index contributed by atoms with van der Waals surface area (Å²) >= 11 is 6.74. The number of unbranched alkanes of at least 4 members (excludes halogenated alkanes) is 20. The fraction of sp³-hybridized carbons (Fsp3) is 0.895. The van der Waals surface area contributed by atoms with Crippen molar-refractivity contribution < 1.29 is 19.1 Å². The maximum absolute atomic E-state index is 12.9. The molecule has 0 amide bonds. The van der Waals surface area contributed by atoms with Gasteiger partial charge in [0.15, 0.2) is 8.68 Å². The van der Waals surface area contributed by atoms with Gasteiger partial charge >= 0.3 is 11.9 Å². The van der Waals surface area contributed by atoms with E-state index in [0.717, 1.165) is 37.5 Å². The van der Waals surface area contributed by atoms with Gasteiger partial charge in [0.05, 0.1) is 19.6 Å². The summed E-state index contributed by atoms with van der Waals surface area (Å²) in [6.45, 7) is 10.0. The molecule has 1 heterocycles. The average Bonchev–Trinajstić information content (AvgIpc) is 3.44. The number of hydrogen-bond acceptors (Lipinski definition) is 9. The number of aromatic nitrogens is 2. The van der Waals surface area contributed by atoms with Gasteiger partial charge in [-0.3, -0.25) is 9.59 Å². The molecule has 6 nitrogen and oxygen atoms in total. The van der Waals surface area contributed by atoms with Crippen molar-refractivity contribution >= 4 is 47.7 Å². The summed E-state index contributed by atoms with van der Waals surface area (Å²) in [7, 11) is 0. The predicted molar refractivity (Wildman–Crippen MR) is 204 cm³/mol. The zero-order chi connectivity index (χ0) is 34.4. The van der Waals surface area contributed by atoms with E-state index in [1.165, 1.54) is 152 Å². The van der Waals surface area contributed by atoms with Crippen molar-refractivity contribution in [2.24, 2.45) is 11.8 Å². The fourth-order valence-electron chi connectivity index (χ4n) is 5.70. The first kappa shape index (κ1) is 44.2. The van der Waals surface area contributed by atoms with Gasteiger partial charge in [-0.15, -0.1) is 22.8 Å². The number of nitrogens with zero attached hydrogens (tertiary/aromatic N) is 2. The van der Waals surface area contributed by atoms with Crippen LogP contribution in [0.4, 0.5) is 0 Å². The summed E-state index contributed by atoms with van der Waals surface area (Å²) in [6, 6.07) is 0. The van der Waals surface area contributed by atoms with Crippen LogP contribution in [-0.4, -0.2) is 40.6 Å². The van der Waals surface area contributed by atoms with Crippen LogP contribution in [0.15, 0.2) is 8.68 Å². The summed E-state index contributed by atoms with van der Waals surface area (Å²) in [4.78, 5) is 25.5. The molecule has 0 fully saturated rings. The standard InChI is InChI=1S/C38H70N2O4S3/c1-32(2)27-23-19-15-11-7-5-9-13-17-21-25-29-43-35(41)31-34(46-38-40-39-37(45)47-38)36(42)44-30-26-22-18-14-10-6-8-12-16-20-24-28-33(3)4/h32-34H,5-31H2,1-4H3,(H,39,45). The lowest BCUT2D eigenvalue weighted by atomic mass is 10.0. The molecule has 0 bridgehead atoms. The molecule has 0 N–H and O–H groups in total. The smallest absolute Gasteiger partial charge is 0.320 e. The molecule has 0 saturated heterocycles. The van der Waals surface area contributed by atoms with Crippen LogP contribution in [0.5, 0.6) is 0 Å². The van der Waals surface area contributed by atoms with Crippen LogP contribution in [0.25, 0.3) is 0 Å². The quantitative estimate of drug-likeness (QED) is 0.0336. The molecule has 0 aliphatic rings. The van der Waals surface area contributed by atoms with E-state index in [9.17, 15) is 9.59 Å². The maximum Gasteiger partial charge on any atom is 0.320 e. The Labute approximate surface area is 302 Å². The van der Waals surface area contributed by atoms with Crippen LogP contribution in [0.1, 0.15) is 188 Å². The molecule has 0 aliphatic heterocycles. The highest BCUT2D eigenvalue weighted by Gasteiger charge is 2.27. The number of esters is 2. The van der Waals surface area contributed by atoms with E-state index < -0.39 is 5.25 Å². The molecular formula is C38H70N2O4S3. The van der Waals surface area contributed by atoms with Crippen molar-refractivity contribution in [1.29, 1.82) is 0 Å². The molecule has 1 rings (SSSR count). The number of carbonyl (C=O) groups is 2. The Hall–Kier alpha value is -0.800. The van der Waals surface area contributed by atoms with Gasteiger partial charge in [0.25, 0.3) is 0 Å². The summed E-state index contributed by atoms with van der Waals surface area (Å²) < 4.78 is 12.2. The summed E-state index contributed by atoms with van der Waals surface area (Å²) in [5.41, 5.74) is 0. The molecule has 0 aromatic carbocycles. The van der Waals surface area contributed by atoms with Gasteiger partial charge in [-0.2, -0.15) is 0 Å². The Bertz CT molecular complexity index is 881. The molecule has 1 aromatic heterocycles. The molecule has 0 saturated carbocycles. The van der Waals surface area contributed by atoms with Crippen LogP contribution in [-0.2, 0) is 19.1 Å². The Kier molecular flexibility index (Phi) is 29.4. The SMILES string of the molecule is CC(C)CCCCCCCCCCCCCOC(=O)CC(Sc1nnc(S)s1)C(=O)OCCCCCCCCCCCCCC(C)C. The van der Waals surface area contributed by atoms with Gasteiger partial charge in [-0.1, -0.05) is 192 Å². The first-order valence-corrected chi connectivity index (χ1v) is 21.4. The molecule has 1 atom stereocenters. The topological polar surface area (TPSA) is 78.4 Å². The third kappa shape index (κ3) is 28.7. The van der Waals surface area contributed by atoms with E-state index in [-0.39, 0.29) is 18.4 Å². The van der Waals surface area contributed by atoms with Crippen molar-refractivity contribution in [2.75, 3.05) is 13.2 Å². The second-order valence-electron chi connectivity index (χ2n) is 14.2. The monoisotopic (exact) mass is 714 g/mol. The molecule has 1 aromatic rings. The van der Waals surface area contributed by atoms with Crippen LogP contribution >= 0.6 is 35.7 Å². The van der Waals surface area contributed by atoms with E-state index in [1.54, 1.807) is 0 Å². The van der Waals surface area contributed by atoms with Gasteiger partial charge in [-0.25, -0.2) is 0 Å². The predicted octanol–water partition coefficient (Wildman–Crippen LogP) is 12.4. The van der Waals surface area contributed by atoms with Crippen molar-refractivity contribution in [3.8, 4) is 0 Å². The summed E-state index contributed by atoms with van der Waals surface area (Å²) in [5, 5.41) is 7.29. The van der Waals surface area contributed by atoms with Crippen LogP contribution in [0, 0.1) is 11.8 Å². The second-order valence-corrected chi connectivity index (χ2v) is 17.3. The molecule has 0 radical (unpaired) electrons. The molecule has 47 heavy (non-hydrogen) atoms. The third-order valence-corrected chi connectivity index (χ3v) is 11.0. The fourth-order valence-corrected chi connectivity index (χ4v) is 8.00. The van der Waals surface area contributed by atoms with Crippen molar-refractivity contribution in [3.63, 3.8) is 0 Å². The average molecular weight is 715 g/mol. The number of thiol groups is 1. The van der Waals surface area contributed by atoms with Crippen LogP contribution in [0.2, 0.25) is 0 Å². The minimum atomic E-state index is -0.691. The van der Waals surface area contributed by atoms with Gasteiger partial charge in [0, 0.05) is 0 Å². The van der Waals surface area contributed by atoms with Crippen LogP contribution < -0.4 is 0 Å². The van der Waals surface area contributed by atoms with Gasteiger partial charge in [0.1, 0.15) is 5.25 Å². The van der Waals surface area contributed by atoms with Crippen molar-refractivity contribution in [3.05, 3.63) is 0 Å². The number of thioether (sulfide) groups is 1. The number of rotatable bonds is 33. The molecule has 1 unspecified atom stereocenters.